The molecule has 15 heavy (non-hydrogen) atoms. The Labute approximate surface area is 89.1 Å². The molecule has 0 bridgehead atoms. The van der Waals surface area contributed by atoms with E-state index in [0.29, 0.717) is 18.4 Å². The molecule has 1 aromatic carbocycles. The van der Waals surface area contributed by atoms with Crippen molar-refractivity contribution in [2.45, 2.75) is 25.8 Å². The van der Waals surface area contributed by atoms with Crippen molar-refractivity contribution in [2.24, 2.45) is 5.92 Å². The third-order valence-electron chi connectivity index (χ3n) is 2.73. The summed E-state index contributed by atoms with van der Waals surface area (Å²) in [7, 11) is 0. The Bertz CT molecular complexity index is 376. The summed E-state index contributed by atoms with van der Waals surface area (Å²) in [5, 5.41) is 12.2. The number of hydrogen-bond donors (Lipinski definition) is 2. The number of hydrogen-bond acceptors (Lipinski definition) is 2. The van der Waals surface area contributed by atoms with Gasteiger partial charge in [-0.2, -0.15) is 0 Å². The maximum absolute atomic E-state index is 11.5. The minimum atomic E-state index is 0.0370. The Kier molecular flexibility index (Phi) is 2.62. The van der Waals surface area contributed by atoms with Crippen LogP contribution in [0.1, 0.15) is 18.9 Å². The lowest BCUT2D eigenvalue weighted by molar-refractivity contribution is -0.120. The molecule has 1 aliphatic carbocycles. The molecule has 0 spiro atoms. The van der Waals surface area contributed by atoms with Crippen LogP contribution in [0.5, 0.6) is 5.75 Å². The number of carbonyl (C=O) groups is 1. The number of rotatable bonds is 3. The van der Waals surface area contributed by atoms with Crippen molar-refractivity contribution in [1.82, 2.24) is 5.32 Å². The van der Waals surface area contributed by atoms with E-state index in [-0.39, 0.29) is 11.7 Å². The van der Waals surface area contributed by atoms with Crippen LogP contribution in [0.15, 0.2) is 24.3 Å². The molecule has 3 heteroatoms. The van der Waals surface area contributed by atoms with E-state index in [4.69, 9.17) is 0 Å². The van der Waals surface area contributed by atoms with Crippen molar-refractivity contribution >= 4 is 5.91 Å². The van der Waals surface area contributed by atoms with Gasteiger partial charge in [0.2, 0.25) is 5.91 Å². The minimum Gasteiger partial charge on any atom is -0.508 e. The highest BCUT2D eigenvalue weighted by Crippen LogP contribution is 2.28. The zero-order chi connectivity index (χ0) is 10.8. The van der Waals surface area contributed by atoms with Crippen LogP contribution in [0.4, 0.5) is 0 Å². The molecule has 80 valence electrons. The van der Waals surface area contributed by atoms with Gasteiger partial charge < -0.3 is 10.4 Å². The van der Waals surface area contributed by atoms with Crippen LogP contribution < -0.4 is 5.32 Å². The van der Waals surface area contributed by atoms with Crippen molar-refractivity contribution in [1.29, 1.82) is 0 Å². The van der Waals surface area contributed by atoms with Gasteiger partial charge >= 0.3 is 0 Å². The van der Waals surface area contributed by atoms with E-state index in [1.807, 2.05) is 6.07 Å². The summed E-state index contributed by atoms with van der Waals surface area (Å²) < 4.78 is 0. The number of benzene rings is 1. The van der Waals surface area contributed by atoms with Gasteiger partial charge in [-0.15, -0.1) is 0 Å². The van der Waals surface area contributed by atoms with Gasteiger partial charge in [-0.25, -0.2) is 0 Å². The fourth-order valence-electron chi connectivity index (χ4n) is 1.63. The van der Waals surface area contributed by atoms with Crippen molar-refractivity contribution in [3.05, 3.63) is 29.8 Å². The lowest BCUT2D eigenvalue weighted by atomic mass is 10.1. The second-order valence-electron chi connectivity index (χ2n) is 4.23. The maximum Gasteiger partial charge on any atom is 0.224 e. The Morgan fingerprint density at radius 2 is 2.33 bits per heavy atom. The van der Waals surface area contributed by atoms with Crippen LogP contribution in [-0.4, -0.2) is 17.1 Å². The quantitative estimate of drug-likeness (QED) is 0.784. The highest BCUT2D eigenvalue weighted by molar-refractivity contribution is 5.79. The highest BCUT2D eigenvalue weighted by Gasteiger charge is 2.33. The van der Waals surface area contributed by atoms with Gasteiger partial charge in [-0.3, -0.25) is 4.79 Å². The number of carbonyl (C=O) groups excluding carboxylic acids is 1. The van der Waals surface area contributed by atoms with Gasteiger partial charge in [0, 0.05) is 6.04 Å². The van der Waals surface area contributed by atoms with E-state index in [0.717, 1.165) is 12.0 Å². The Morgan fingerprint density at radius 1 is 1.60 bits per heavy atom. The average Bonchev–Trinajstić information content (AvgIpc) is 2.81. The van der Waals surface area contributed by atoms with Crippen molar-refractivity contribution < 1.29 is 9.90 Å². The van der Waals surface area contributed by atoms with Crippen molar-refractivity contribution in [3.63, 3.8) is 0 Å². The zero-order valence-corrected chi connectivity index (χ0v) is 8.73. The molecule has 0 heterocycles. The van der Waals surface area contributed by atoms with Crippen molar-refractivity contribution in [2.75, 3.05) is 0 Å². The second kappa shape index (κ2) is 3.93. The first kappa shape index (κ1) is 10.0. The number of amides is 1. The standard InChI is InChI=1S/C12H15NO2/c1-8-5-11(8)13-12(15)7-9-3-2-4-10(14)6-9/h2-4,6,8,11,14H,5,7H2,1H3,(H,13,15). The van der Waals surface area contributed by atoms with E-state index >= 15 is 0 Å². The summed E-state index contributed by atoms with van der Waals surface area (Å²) in [6.45, 7) is 2.12. The molecule has 1 aromatic rings. The van der Waals surface area contributed by atoms with Crippen LogP contribution in [0.3, 0.4) is 0 Å². The Balaban J connectivity index is 1.88. The first-order valence-corrected chi connectivity index (χ1v) is 5.22. The zero-order valence-electron chi connectivity index (χ0n) is 8.73. The topological polar surface area (TPSA) is 49.3 Å². The monoisotopic (exact) mass is 205 g/mol. The van der Waals surface area contributed by atoms with Gasteiger partial charge in [0.15, 0.2) is 0 Å². The molecule has 0 aliphatic heterocycles. The van der Waals surface area contributed by atoms with E-state index < -0.39 is 0 Å². The van der Waals surface area contributed by atoms with Gasteiger partial charge in [0.25, 0.3) is 0 Å². The van der Waals surface area contributed by atoms with Crippen LogP contribution in [0.25, 0.3) is 0 Å². The summed E-state index contributed by atoms with van der Waals surface area (Å²) in [5.41, 5.74) is 0.848. The molecule has 1 saturated carbocycles. The predicted molar refractivity (Wildman–Crippen MR) is 57.5 cm³/mol. The fourth-order valence-corrected chi connectivity index (χ4v) is 1.63. The van der Waals surface area contributed by atoms with E-state index in [1.54, 1.807) is 18.2 Å². The fraction of sp³-hybridized carbons (Fsp3) is 0.417. The predicted octanol–water partition coefficient (Wildman–Crippen LogP) is 1.46. The third-order valence-corrected chi connectivity index (χ3v) is 2.73. The lowest BCUT2D eigenvalue weighted by Gasteiger charge is -2.04. The average molecular weight is 205 g/mol. The summed E-state index contributed by atoms with van der Waals surface area (Å²) in [6, 6.07) is 7.18. The Morgan fingerprint density at radius 3 is 2.93 bits per heavy atom. The third kappa shape index (κ3) is 2.72. The number of aromatic hydroxyl groups is 1. The maximum atomic E-state index is 11.5. The summed E-state index contributed by atoms with van der Waals surface area (Å²) in [6.07, 6.45) is 1.43. The highest BCUT2D eigenvalue weighted by atomic mass is 16.3. The van der Waals surface area contributed by atoms with Crippen LogP contribution in [0, 0.1) is 5.92 Å². The minimum absolute atomic E-state index is 0.0370. The molecule has 2 rings (SSSR count). The van der Waals surface area contributed by atoms with Crippen LogP contribution in [-0.2, 0) is 11.2 Å². The van der Waals surface area contributed by atoms with Gasteiger partial charge in [-0.1, -0.05) is 19.1 Å². The molecule has 3 nitrogen and oxygen atoms in total. The second-order valence-corrected chi connectivity index (χ2v) is 4.23. The largest absolute Gasteiger partial charge is 0.508 e. The van der Waals surface area contributed by atoms with Gasteiger partial charge in [0.1, 0.15) is 5.75 Å². The van der Waals surface area contributed by atoms with Crippen LogP contribution >= 0.6 is 0 Å². The molecule has 0 aromatic heterocycles. The Hall–Kier alpha value is -1.51. The molecule has 1 amide bonds. The molecule has 2 unspecified atom stereocenters. The molecular weight excluding hydrogens is 190 g/mol. The summed E-state index contributed by atoms with van der Waals surface area (Å²) >= 11 is 0. The number of phenols is 1. The molecule has 0 radical (unpaired) electrons. The first-order chi connectivity index (χ1) is 7.15. The number of nitrogens with one attached hydrogen (secondary N) is 1. The van der Waals surface area contributed by atoms with Crippen molar-refractivity contribution in [3.8, 4) is 5.75 Å². The molecule has 1 aliphatic rings. The summed E-state index contributed by atoms with van der Waals surface area (Å²) in [4.78, 5) is 11.5. The number of phenolic OH excluding ortho intramolecular Hbond substituents is 1. The normalized spacial score (nSPS) is 23.5. The SMILES string of the molecule is CC1CC1NC(=O)Cc1cccc(O)c1. The molecule has 2 atom stereocenters. The molecule has 1 fully saturated rings. The van der Waals surface area contributed by atoms with Gasteiger partial charge in [0.05, 0.1) is 6.42 Å². The molecule has 0 saturated heterocycles. The van der Waals surface area contributed by atoms with E-state index in [1.165, 1.54) is 0 Å². The van der Waals surface area contributed by atoms with Gasteiger partial charge in [-0.05, 0) is 30.0 Å². The van der Waals surface area contributed by atoms with E-state index in [2.05, 4.69) is 12.2 Å². The van der Waals surface area contributed by atoms with Crippen LogP contribution in [0.2, 0.25) is 0 Å². The molecular formula is C12H15NO2. The lowest BCUT2D eigenvalue weighted by Crippen LogP contribution is -2.28. The summed E-state index contributed by atoms with van der Waals surface area (Å²) in [5.74, 6) is 0.869. The van der Waals surface area contributed by atoms with E-state index in [9.17, 15) is 9.90 Å². The molecule has 2 N–H and O–H groups in total. The smallest absolute Gasteiger partial charge is 0.224 e. The first-order valence-electron chi connectivity index (χ1n) is 5.22.